The molecule has 0 bridgehead atoms. The monoisotopic (exact) mass is 528 g/mol. The van der Waals surface area contributed by atoms with Gasteiger partial charge in [-0.05, 0) is 74.5 Å². The number of carboxylic acid groups (broad SMARTS) is 1. The van der Waals surface area contributed by atoms with Gasteiger partial charge in [0.15, 0.2) is 0 Å². The number of hydrogen-bond donors (Lipinski definition) is 1. The first-order valence-electron chi connectivity index (χ1n) is 6.87. The molecule has 2 nitrogen and oxygen atoms in total. The molecule has 0 unspecified atom stereocenters. The standard InChI is InChI=1S/C12H9I.C7H5IO2/c13-12-9-5-4-8-11(12)10-6-2-1-3-7-10;8-6-4-2-1-3-5(6)7(9)10/h1-9H;1-4H,(H,9,10). The SMILES string of the molecule is Ic1ccccc1-c1ccccc1.O=C(O)c1ccccc1I. The zero-order valence-corrected chi connectivity index (χ0v) is 16.4. The Hall–Kier alpha value is -1.41. The predicted molar refractivity (Wildman–Crippen MR) is 111 cm³/mol. The molecule has 23 heavy (non-hydrogen) atoms. The van der Waals surface area contributed by atoms with Gasteiger partial charge in [0.05, 0.1) is 5.56 Å². The number of hydrogen-bond acceptors (Lipinski definition) is 1. The van der Waals surface area contributed by atoms with E-state index in [1.807, 2.05) is 34.7 Å². The molecule has 0 amide bonds. The minimum atomic E-state index is -0.870. The largest absolute Gasteiger partial charge is 0.478 e. The fourth-order valence-corrected chi connectivity index (χ4v) is 3.26. The normalized spacial score (nSPS) is 9.65. The molecule has 0 fully saturated rings. The molecule has 0 aliphatic carbocycles. The minimum Gasteiger partial charge on any atom is -0.478 e. The molecule has 0 aromatic heterocycles. The van der Waals surface area contributed by atoms with Crippen molar-refractivity contribution in [2.45, 2.75) is 0 Å². The quantitative estimate of drug-likeness (QED) is 0.418. The molecule has 3 aromatic rings. The molecule has 0 aliphatic heterocycles. The van der Waals surface area contributed by atoms with Crippen LogP contribution in [0.1, 0.15) is 10.4 Å². The van der Waals surface area contributed by atoms with Gasteiger partial charge in [0.2, 0.25) is 0 Å². The Morgan fingerprint density at radius 2 is 1.22 bits per heavy atom. The molecule has 4 heteroatoms. The van der Waals surface area contributed by atoms with Crippen LogP contribution in [-0.4, -0.2) is 11.1 Å². The van der Waals surface area contributed by atoms with E-state index in [0.29, 0.717) is 5.56 Å². The number of halogens is 2. The Kier molecular flexibility index (Phi) is 7.04. The summed E-state index contributed by atoms with van der Waals surface area (Å²) in [6.07, 6.45) is 0. The van der Waals surface area contributed by atoms with Gasteiger partial charge in [-0.1, -0.05) is 60.7 Å². The molecule has 0 saturated carbocycles. The summed E-state index contributed by atoms with van der Waals surface area (Å²) >= 11 is 4.36. The van der Waals surface area contributed by atoms with Crippen molar-refractivity contribution in [2.24, 2.45) is 0 Å². The summed E-state index contributed by atoms with van der Waals surface area (Å²) in [5, 5.41) is 8.56. The summed E-state index contributed by atoms with van der Waals surface area (Å²) in [5.74, 6) is -0.870. The average molecular weight is 528 g/mol. The van der Waals surface area contributed by atoms with E-state index in [-0.39, 0.29) is 0 Å². The third-order valence-electron chi connectivity index (χ3n) is 3.06. The van der Waals surface area contributed by atoms with E-state index in [1.165, 1.54) is 14.7 Å². The Labute approximate surface area is 162 Å². The van der Waals surface area contributed by atoms with Crippen LogP contribution >= 0.6 is 45.2 Å². The smallest absolute Gasteiger partial charge is 0.336 e. The van der Waals surface area contributed by atoms with E-state index >= 15 is 0 Å². The van der Waals surface area contributed by atoms with Crippen LogP contribution in [0.3, 0.4) is 0 Å². The molecular weight excluding hydrogens is 514 g/mol. The molecule has 0 spiro atoms. The Morgan fingerprint density at radius 3 is 1.74 bits per heavy atom. The highest BCUT2D eigenvalue weighted by Crippen LogP contribution is 2.24. The summed E-state index contributed by atoms with van der Waals surface area (Å²) < 4.78 is 2.07. The third-order valence-corrected chi connectivity index (χ3v) is 4.94. The van der Waals surface area contributed by atoms with Gasteiger partial charge in [0.25, 0.3) is 0 Å². The van der Waals surface area contributed by atoms with Crippen LogP contribution in [0.15, 0.2) is 78.9 Å². The fourth-order valence-electron chi connectivity index (χ4n) is 1.95. The van der Waals surface area contributed by atoms with Crippen LogP contribution < -0.4 is 0 Å². The maximum absolute atomic E-state index is 10.4. The van der Waals surface area contributed by atoms with E-state index in [2.05, 4.69) is 71.1 Å². The van der Waals surface area contributed by atoms with Gasteiger partial charge in [0, 0.05) is 7.14 Å². The van der Waals surface area contributed by atoms with Gasteiger partial charge in [-0.2, -0.15) is 0 Å². The van der Waals surface area contributed by atoms with E-state index in [1.54, 1.807) is 18.2 Å². The van der Waals surface area contributed by atoms with Crippen molar-refractivity contribution in [3.8, 4) is 11.1 Å². The second-order valence-electron chi connectivity index (χ2n) is 4.63. The lowest BCUT2D eigenvalue weighted by atomic mass is 10.1. The van der Waals surface area contributed by atoms with Crippen LogP contribution in [0.4, 0.5) is 0 Å². The van der Waals surface area contributed by atoms with Crippen LogP contribution in [0.25, 0.3) is 11.1 Å². The molecule has 1 N–H and O–H groups in total. The van der Waals surface area contributed by atoms with Crippen molar-refractivity contribution >= 4 is 51.2 Å². The third kappa shape index (κ3) is 5.31. The summed E-state index contributed by atoms with van der Waals surface area (Å²) in [7, 11) is 0. The summed E-state index contributed by atoms with van der Waals surface area (Å²) in [6.45, 7) is 0. The predicted octanol–water partition coefficient (Wildman–Crippen LogP) is 5.95. The van der Waals surface area contributed by atoms with Gasteiger partial charge >= 0.3 is 5.97 Å². The molecule has 0 atom stereocenters. The van der Waals surface area contributed by atoms with Gasteiger partial charge in [-0.3, -0.25) is 0 Å². The maximum Gasteiger partial charge on any atom is 0.336 e. The van der Waals surface area contributed by atoms with E-state index < -0.39 is 5.97 Å². The van der Waals surface area contributed by atoms with Gasteiger partial charge in [-0.25, -0.2) is 4.79 Å². The highest BCUT2D eigenvalue weighted by molar-refractivity contribution is 14.1. The van der Waals surface area contributed by atoms with Gasteiger partial charge < -0.3 is 5.11 Å². The van der Waals surface area contributed by atoms with Crippen molar-refractivity contribution in [3.05, 3.63) is 91.6 Å². The molecule has 3 rings (SSSR count). The summed E-state index contributed by atoms with van der Waals surface area (Å²) in [6, 6.07) is 25.7. The number of aromatic carboxylic acids is 1. The fraction of sp³-hybridized carbons (Fsp3) is 0. The van der Waals surface area contributed by atoms with Gasteiger partial charge in [0.1, 0.15) is 0 Å². The first-order chi connectivity index (χ1) is 11.1. The molecule has 0 heterocycles. The van der Waals surface area contributed by atoms with E-state index in [9.17, 15) is 4.79 Å². The Balaban J connectivity index is 0.000000174. The first-order valence-corrected chi connectivity index (χ1v) is 9.03. The Morgan fingerprint density at radius 1 is 0.696 bits per heavy atom. The number of benzene rings is 3. The first kappa shape index (κ1) is 17.9. The van der Waals surface area contributed by atoms with Crippen LogP contribution in [0.5, 0.6) is 0 Å². The Bertz CT molecular complexity index is 786. The van der Waals surface area contributed by atoms with Crippen LogP contribution in [-0.2, 0) is 0 Å². The van der Waals surface area contributed by atoms with E-state index in [4.69, 9.17) is 5.11 Å². The van der Waals surface area contributed by atoms with Crippen LogP contribution in [0, 0.1) is 7.14 Å². The van der Waals surface area contributed by atoms with Crippen molar-refractivity contribution in [1.82, 2.24) is 0 Å². The highest BCUT2D eigenvalue weighted by atomic mass is 127. The molecule has 0 radical (unpaired) electrons. The van der Waals surface area contributed by atoms with Crippen LogP contribution in [0.2, 0.25) is 0 Å². The second kappa shape index (κ2) is 9.02. The van der Waals surface area contributed by atoms with Crippen molar-refractivity contribution in [3.63, 3.8) is 0 Å². The van der Waals surface area contributed by atoms with Crippen molar-refractivity contribution in [2.75, 3.05) is 0 Å². The lowest BCUT2D eigenvalue weighted by molar-refractivity contribution is 0.0695. The summed E-state index contributed by atoms with van der Waals surface area (Å²) in [4.78, 5) is 10.4. The van der Waals surface area contributed by atoms with Crippen molar-refractivity contribution < 1.29 is 9.90 Å². The summed E-state index contributed by atoms with van der Waals surface area (Å²) in [5.41, 5.74) is 2.96. The minimum absolute atomic E-state index is 0.364. The average Bonchev–Trinajstić information content (AvgIpc) is 2.57. The molecule has 116 valence electrons. The molecule has 0 aliphatic rings. The van der Waals surface area contributed by atoms with E-state index in [0.717, 1.165) is 3.57 Å². The number of carboxylic acids is 1. The molecular formula is C19H14I2O2. The second-order valence-corrected chi connectivity index (χ2v) is 6.96. The zero-order chi connectivity index (χ0) is 16.7. The topological polar surface area (TPSA) is 37.3 Å². The zero-order valence-electron chi connectivity index (χ0n) is 12.1. The lowest BCUT2D eigenvalue weighted by Gasteiger charge is -2.02. The highest BCUT2D eigenvalue weighted by Gasteiger charge is 2.04. The maximum atomic E-state index is 10.4. The lowest BCUT2D eigenvalue weighted by Crippen LogP contribution is -1.97. The number of carbonyl (C=O) groups is 1. The molecule has 3 aromatic carbocycles. The number of rotatable bonds is 2. The van der Waals surface area contributed by atoms with Gasteiger partial charge in [-0.15, -0.1) is 0 Å². The van der Waals surface area contributed by atoms with Crippen molar-refractivity contribution in [1.29, 1.82) is 0 Å². The molecule has 0 saturated heterocycles.